The smallest absolute Gasteiger partial charge is 0.407 e. The maximum atomic E-state index is 13.4. The average Bonchev–Trinajstić information content (AvgIpc) is 3.29. The molecule has 5 rings (SSSR count). The summed E-state index contributed by atoms with van der Waals surface area (Å²) in [5, 5.41) is 4.62. The normalized spacial score (nSPS) is 14.3. The summed E-state index contributed by atoms with van der Waals surface area (Å²) >= 11 is 0. The SMILES string of the molecule is COc1ccccc1-c1cc(C(N)=O)c2[nH]c3cc(C(=O)N4CCC(NC(=O)OC(C)(C)C)CC4)ccc3c2c1. The zero-order chi connectivity index (χ0) is 28.6. The number of H-pyrrole nitrogens is 1. The molecule has 0 unspecified atom stereocenters. The molecule has 1 aliphatic heterocycles. The van der Waals surface area contributed by atoms with Crippen LogP contribution < -0.4 is 15.8 Å². The van der Waals surface area contributed by atoms with Gasteiger partial charge in [0.2, 0.25) is 0 Å². The van der Waals surface area contributed by atoms with E-state index in [0.29, 0.717) is 48.3 Å². The molecule has 0 aliphatic carbocycles. The lowest BCUT2D eigenvalue weighted by Crippen LogP contribution is -2.47. The van der Waals surface area contributed by atoms with Crippen LogP contribution in [-0.2, 0) is 4.74 Å². The van der Waals surface area contributed by atoms with Gasteiger partial charge >= 0.3 is 6.09 Å². The van der Waals surface area contributed by atoms with Gasteiger partial charge in [-0.2, -0.15) is 0 Å². The number of likely N-dealkylation sites (tertiary alicyclic amines) is 1. The van der Waals surface area contributed by atoms with Crippen molar-refractivity contribution >= 4 is 39.7 Å². The minimum Gasteiger partial charge on any atom is -0.496 e. The summed E-state index contributed by atoms with van der Waals surface area (Å²) in [6.45, 7) is 6.53. The second kappa shape index (κ2) is 10.6. The molecule has 0 radical (unpaired) electrons. The lowest BCUT2D eigenvalue weighted by molar-refractivity contribution is 0.0473. The van der Waals surface area contributed by atoms with Gasteiger partial charge in [-0.1, -0.05) is 24.3 Å². The number of aromatic nitrogens is 1. The number of benzene rings is 3. The monoisotopic (exact) mass is 542 g/mol. The first-order valence-electron chi connectivity index (χ1n) is 13.4. The molecule has 4 aromatic rings. The van der Waals surface area contributed by atoms with Gasteiger partial charge in [0.15, 0.2) is 0 Å². The highest BCUT2D eigenvalue weighted by Crippen LogP contribution is 2.36. The zero-order valence-electron chi connectivity index (χ0n) is 23.2. The number of methoxy groups -OCH3 is 1. The third kappa shape index (κ3) is 5.45. The van der Waals surface area contributed by atoms with Crippen molar-refractivity contribution in [2.45, 2.75) is 45.3 Å². The summed E-state index contributed by atoms with van der Waals surface area (Å²) in [6, 6.07) is 16.8. The number of alkyl carbamates (subject to hydrolysis) is 1. The summed E-state index contributed by atoms with van der Waals surface area (Å²) in [7, 11) is 1.61. The van der Waals surface area contributed by atoms with Crippen LogP contribution in [0.25, 0.3) is 32.9 Å². The van der Waals surface area contributed by atoms with Crippen LogP contribution in [0.1, 0.15) is 54.3 Å². The molecular weight excluding hydrogens is 508 g/mol. The zero-order valence-corrected chi connectivity index (χ0v) is 23.2. The van der Waals surface area contributed by atoms with Crippen molar-refractivity contribution in [1.29, 1.82) is 0 Å². The highest BCUT2D eigenvalue weighted by atomic mass is 16.6. The lowest BCUT2D eigenvalue weighted by Gasteiger charge is -2.33. The van der Waals surface area contributed by atoms with E-state index >= 15 is 0 Å². The fourth-order valence-corrected chi connectivity index (χ4v) is 5.26. The quantitative estimate of drug-likeness (QED) is 0.319. The van der Waals surface area contributed by atoms with Crippen molar-refractivity contribution < 1.29 is 23.9 Å². The molecule has 4 N–H and O–H groups in total. The molecule has 1 aliphatic rings. The van der Waals surface area contributed by atoms with Crippen LogP contribution in [0, 0.1) is 0 Å². The Bertz CT molecular complexity index is 1610. The van der Waals surface area contributed by atoms with Crippen LogP contribution in [0.2, 0.25) is 0 Å². The van der Waals surface area contributed by atoms with Gasteiger partial charge in [-0.3, -0.25) is 9.59 Å². The molecule has 0 atom stereocenters. The van der Waals surface area contributed by atoms with Gasteiger partial charge in [-0.25, -0.2) is 4.79 Å². The predicted molar refractivity (Wildman–Crippen MR) is 155 cm³/mol. The van der Waals surface area contributed by atoms with Gasteiger partial charge in [0.1, 0.15) is 11.4 Å². The van der Waals surface area contributed by atoms with Gasteiger partial charge in [0, 0.05) is 46.5 Å². The van der Waals surface area contributed by atoms with E-state index in [1.165, 1.54) is 0 Å². The number of aromatic amines is 1. The minimum atomic E-state index is -0.559. The van der Waals surface area contributed by atoms with E-state index in [1.807, 2.05) is 69.3 Å². The first-order valence-corrected chi connectivity index (χ1v) is 13.4. The molecule has 2 heterocycles. The number of carbonyl (C=O) groups excluding carboxylic acids is 3. The second-order valence-electron chi connectivity index (χ2n) is 11.1. The van der Waals surface area contributed by atoms with Crippen molar-refractivity contribution in [3.8, 4) is 16.9 Å². The van der Waals surface area contributed by atoms with Crippen LogP contribution >= 0.6 is 0 Å². The summed E-state index contributed by atoms with van der Waals surface area (Å²) in [4.78, 5) is 43.0. The number of carbonyl (C=O) groups is 3. The van der Waals surface area contributed by atoms with Crippen LogP contribution in [0.4, 0.5) is 4.79 Å². The van der Waals surface area contributed by atoms with Gasteiger partial charge in [0.25, 0.3) is 11.8 Å². The standard InChI is InChI=1S/C31H34N4O5/c1-31(2,3)40-30(38)33-20-11-13-35(14-12-20)29(37)18-9-10-22-23-15-19(21-7-5-6-8-26(21)39-4)16-24(28(32)36)27(23)34-25(22)17-18/h5-10,15-17,20,34H,11-14H2,1-4H3,(H2,32,36)(H,33,38). The molecule has 40 heavy (non-hydrogen) atoms. The van der Waals surface area contributed by atoms with Crippen molar-refractivity contribution in [2.24, 2.45) is 5.73 Å². The third-order valence-electron chi connectivity index (χ3n) is 7.14. The molecule has 0 saturated carbocycles. The molecule has 0 bridgehead atoms. The molecule has 9 heteroatoms. The van der Waals surface area contributed by atoms with Crippen molar-refractivity contribution in [3.05, 3.63) is 65.7 Å². The maximum Gasteiger partial charge on any atom is 0.407 e. The Morgan fingerprint density at radius 1 is 1.00 bits per heavy atom. The second-order valence-corrected chi connectivity index (χ2v) is 11.1. The Morgan fingerprint density at radius 2 is 1.73 bits per heavy atom. The number of fused-ring (bicyclic) bond motifs is 3. The van der Waals surface area contributed by atoms with Crippen LogP contribution in [0.15, 0.2) is 54.6 Å². The Kier molecular flexibility index (Phi) is 7.14. The molecule has 208 valence electrons. The van der Waals surface area contributed by atoms with E-state index < -0.39 is 17.6 Å². The van der Waals surface area contributed by atoms with Crippen molar-refractivity contribution in [3.63, 3.8) is 0 Å². The number of nitrogens with one attached hydrogen (secondary N) is 2. The molecule has 3 aromatic carbocycles. The Balaban J connectivity index is 1.40. The van der Waals surface area contributed by atoms with Crippen molar-refractivity contribution in [1.82, 2.24) is 15.2 Å². The fraction of sp³-hybridized carbons (Fsp3) is 0.323. The van der Waals surface area contributed by atoms with Gasteiger partial charge in [-0.05, 0) is 69.5 Å². The minimum absolute atomic E-state index is 0.0419. The molecule has 3 amide bonds. The Morgan fingerprint density at radius 3 is 2.40 bits per heavy atom. The number of hydrogen-bond donors (Lipinski definition) is 3. The largest absolute Gasteiger partial charge is 0.496 e. The van der Waals surface area contributed by atoms with Crippen molar-refractivity contribution in [2.75, 3.05) is 20.2 Å². The highest BCUT2D eigenvalue weighted by Gasteiger charge is 2.27. The summed E-state index contributed by atoms with van der Waals surface area (Å²) in [5.41, 5.74) is 9.15. The highest BCUT2D eigenvalue weighted by molar-refractivity contribution is 6.17. The van der Waals surface area contributed by atoms with Crippen LogP contribution in [0.3, 0.4) is 0 Å². The van der Waals surface area contributed by atoms with Crippen LogP contribution in [0.5, 0.6) is 5.75 Å². The molecule has 1 fully saturated rings. The Labute approximate surface area is 232 Å². The number of amides is 3. The molecule has 9 nitrogen and oxygen atoms in total. The van der Waals surface area contributed by atoms with E-state index in [2.05, 4.69) is 10.3 Å². The molecule has 1 saturated heterocycles. The fourth-order valence-electron chi connectivity index (χ4n) is 5.26. The molecular formula is C31H34N4O5. The lowest BCUT2D eigenvalue weighted by atomic mass is 9.98. The number of para-hydroxylation sites is 1. The van der Waals surface area contributed by atoms with E-state index in [9.17, 15) is 14.4 Å². The van der Waals surface area contributed by atoms with Gasteiger partial charge in [-0.15, -0.1) is 0 Å². The number of nitrogens with zero attached hydrogens (tertiary/aromatic N) is 1. The van der Waals surface area contributed by atoms with E-state index in [0.717, 1.165) is 27.4 Å². The topological polar surface area (TPSA) is 127 Å². The number of ether oxygens (including phenoxy) is 2. The predicted octanol–water partition coefficient (Wildman–Crippen LogP) is 5.22. The Hall–Kier alpha value is -4.53. The number of nitrogens with two attached hydrogens (primary N) is 1. The van der Waals surface area contributed by atoms with Gasteiger partial charge < -0.3 is 30.4 Å². The van der Waals surface area contributed by atoms with E-state index in [4.69, 9.17) is 15.2 Å². The average molecular weight is 543 g/mol. The van der Waals surface area contributed by atoms with E-state index in [1.54, 1.807) is 18.1 Å². The summed E-state index contributed by atoms with van der Waals surface area (Å²) in [6.07, 6.45) is 0.853. The summed E-state index contributed by atoms with van der Waals surface area (Å²) < 4.78 is 10.9. The molecule has 0 spiro atoms. The van der Waals surface area contributed by atoms with Crippen LogP contribution in [-0.4, -0.2) is 59.6 Å². The van der Waals surface area contributed by atoms with E-state index in [-0.39, 0.29) is 11.9 Å². The van der Waals surface area contributed by atoms with Gasteiger partial charge in [0.05, 0.1) is 18.2 Å². The first-order chi connectivity index (χ1) is 19.0. The number of piperidine rings is 1. The first kappa shape index (κ1) is 27.1. The maximum absolute atomic E-state index is 13.4. The number of primary amides is 1. The summed E-state index contributed by atoms with van der Waals surface area (Å²) in [5.74, 6) is 0.0589. The number of rotatable bonds is 5. The molecule has 1 aromatic heterocycles. The third-order valence-corrected chi connectivity index (χ3v) is 7.14. The number of hydrogen-bond acceptors (Lipinski definition) is 5.